The molecule has 4 N–H and O–H groups in total. The summed E-state index contributed by atoms with van der Waals surface area (Å²) in [6.45, 7) is 1.43. The van der Waals surface area contributed by atoms with E-state index in [0.717, 1.165) is 0 Å². The Bertz CT molecular complexity index is 183. The number of halogens is 3. The van der Waals surface area contributed by atoms with Crippen LogP contribution in [-0.2, 0) is 9.53 Å². The van der Waals surface area contributed by atoms with Crippen LogP contribution in [0.2, 0.25) is 0 Å². The molecule has 2 atom stereocenters. The smallest absolute Gasteiger partial charge is 0.405 e. The van der Waals surface area contributed by atoms with Crippen LogP contribution in [-0.4, -0.2) is 30.8 Å². The lowest BCUT2D eigenvalue weighted by atomic mass is 10.1. The second kappa shape index (κ2) is 4.43. The van der Waals surface area contributed by atoms with Gasteiger partial charge in [-0.2, -0.15) is 13.2 Å². The van der Waals surface area contributed by atoms with Crippen molar-refractivity contribution < 1.29 is 22.7 Å². The minimum Gasteiger partial charge on any atom is -0.465 e. The summed E-state index contributed by atoms with van der Waals surface area (Å²) in [5, 5.41) is 0. The molecule has 0 saturated heterocycles. The molecule has 0 aromatic rings. The number of rotatable bonds is 3. The van der Waals surface area contributed by atoms with E-state index >= 15 is 0 Å². The van der Waals surface area contributed by atoms with Crippen molar-refractivity contribution in [1.82, 2.24) is 0 Å². The van der Waals surface area contributed by atoms with Gasteiger partial charge in [0.05, 0.1) is 6.61 Å². The minimum atomic E-state index is -4.69. The van der Waals surface area contributed by atoms with E-state index in [-0.39, 0.29) is 6.61 Å². The highest BCUT2D eigenvalue weighted by Crippen LogP contribution is 2.20. The molecule has 4 nitrogen and oxygen atoms in total. The highest BCUT2D eigenvalue weighted by Gasteiger charge is 2.43. The van der Waals surface area contributed by atoms with Crippen molar-refractivity contribution in [3.05, 3.63) is 0 Å². The lowest BCUT2D eigenvalue weighted by Crippen LogP contribution is -2.55. The van der Waals surface area contributed by atoms with E-state index in [0.29, 0.717) is 0 Å². The molecule has 0 bridgehead atoms. The standard InChI is InChI=1S/C6H11F3N2O2/c1-2-13-5(12)3(10)4(11)6(7,8)9/h3-4H,2,10-11H2,1H3/t3-,4+/m0/s1. The SMILES string of the molecule is CCOC(=O)[C@@H](N)[C@@H](N)C(F)(F)F. The van der Waals surface area contributed by atoms with Crippen molar-refractivity contribution >= 4 is 5.97 Å². The van der Waals surface area contributed by atoms with E-state index in [2.05, 4.69) is 10.5 Å². The number of carbonyl (C=O) groups is 1. The Hall–Kier alpha value is -0.820. The Kier molecular flexibility index (Phi) is 4.15. The van der Waals surface area contributed by atoms with Crippen molar-refractivity contribution in [3.8, 4) is 0 Å². The summed E-state index contributed by atoms with van der Waals surface area (Å²) in [7, 11) is 0. The Labute approximate surface area is 73.0 Å². The Morgan fingerprint density at radius 1 is 1.46 bits per heavy atom. The van der Waals surface area contributed by atoms with Crippen LogP contribution in [0.3, 0.4) is 0 Å². The van der Waals surface area contributed by atoms with Crippen LogP contribution >= 0.6 is 0 Å². The number of carbonyl (C=O) groups excluding carboxylic acids is 1. The molecule has 0 rings (SSSR count). The molecule has 0 amide bonds. The second-order valence-electron chi connectivity index (χ2n) is 2.35. The van der Waals surface area contributed by atoms with E-state index in [1.165, 1.54) is 6.92 Å². The van der Waals surface area contributed by atoms with E-state index in [1.807, 2.05) is 0 Å². The molecule has 0 heterocycles. The van der Waals surface area contributed by atoms with Gasteiger partial charge in [-0.15, -0.1) is 0 Å². The Morgan fingerprint density at radius 3 is 2.23 bits per heavy atom. The van der Waals surface area contributed by atoms with E-state index in [9.17, 15) is 18.0 Å². The average Bonchev–Trinajstić information content (AvgIpc) is 2.00. The number of esters is 1. The summed E-state index contributed by atoms with van der Waals surface area (Å²) in [5.74, 6) is -1.15. The fraction of sp³-hybridized carbons (Fsp3) is 0.833. The molecule has 0 fully saturated rings. The molecule has 0 radical (unpaired) electrons. The van der Waals surface area contributed by atoms with E-state index < -0.39 is 24.2 Å². The average molecular weight is 200 g/mol. The molecule has 0 aliphatic heterocycles. The maximum Gasteiger partial charge on any atom is 0.405 e. The fourth-order valence-corrected chi connectivity index (χ4v) is 0.589. The number of hydrogen-bond acceptors (Lipinski definition) is 4. The Morgan fingerprint density at radius 2 is 1.92 bits per heavy atom. The third-order valence-corrected chi connectivity index (χ3v) is 1.32. The molecular weight excluding hydrogens is 189 g/mol. The molecule has 0 aliphatic carbocycles. The summed E-state index contributed by atoms with van der Waals surface area (Å²) in [6, 6.07) is -4.24. The van der Waals surface area contributed by atoms with Gasteiger partial charge >= 0.3 is 12.1 Å². The molecule has 78 valence electrons. The van der Waals surface area contributed by atoms with Gasteiger partial charge in [0, 0.05) is 0 Å². The number of alkyl halides is 3. The highest BCUT2D eigenvalue weighted by molar-refractivity contribution is 5.76. The zero-order valence-corrected chi connectivity index (χ0v) is 6.97. The molecule has 7 heteroatoms. The zero-order valence-electron chi connectivity index (χ0n) is 6.97. The largest absolute Gasteiger partial charge is 0.465 e. The van der Waals surface area contributed by atoms with Crippen LogP contribution in [0, 0.1) is 0 Å². The predicted molar refractivity (Wildman–Crippen MR) is 38.6 cm³/mol. The van der Waals surface area contributed by atoms with Crippen LogP contribution in [0.25, 0.3) is 0 Å². The Balaban J connectivity index is 4.25. The van der Waals surface area contributed by atoms with Crippen molar-refractivity contribution in [2.45, 2.75) is 25.2 Å². The number of hydrogen-bond donors (Lipinski definition) is 2. The van der Waals surface area contributed by atoms with Gasteiger partial charge in [-0.25, -0.2) is 0 Å². The highest BCUT2D eigenvalue weighted by atomic mass is 19.4. The van der Waals surface area contributed by atoms with E-state index in [1.54, 1.807) is 0 Å². The van der Waals surface area contributed by atoms with Crippen molar-refractivity contribution in [2.75, 3.05) is 6.61 Å². The van der Waals surface area contributed by atoms with Crippen LogP contribution in [0.4, 0.5) is 13.2 Å². The van der Waals surface area contributed by atoms with Crippen molar-refractivity contribution in [3.63, 3.8) is 0 Å². The molecule has 0 saturated carbocycles. The van der Waals surface area contributed by atoms with Crippen LogP contribution < -0.4 is 11.5 Å². The summed E-state index contributed by atoms with van der Waals surface area (Å²) in [5.41, 5.74) is 9.59. The van der Waals surface area contributed by atoms with Crippen LogP contribution in [0.15, 0.2) is 0 Å². The maximum atomic E-state index is 11.9. The van der Waals surface area contributed by atoms with Gasteiger partial charge in [-0.05, 0) is 6.92 Å². The first-order chi connectivity index (χ1) is 5.80. The summed E-state index contributed by atoms with van der Waals surface area (Å²) in [6.07, 6.45) is -4.69. The summed E-state index contributed by atoms with van der Waals surface area (Å²) in [4.78, 5) is 10.7. The third-order valence-electron chi connectivity index (χ3n) is 1.32. The number of ether oxygens (including phenoxy) is 1. The lowest BCUT2D eigenvalue weighted by molar-refractivity contribution is -0.167. The normalized spacial score (nSPS) is 16.5. The summed E-state index contributed by atoms with van der Waals surface area (Å²) < 4.78 is 39.9. The molecule has 0 unspecified atom stereocenters. The monoisotopic (exact) mass is 200 g/mol. The van der Waals surface area contributed by atoms with Gasteiger partial charge in [-0.3, -0.25) is 4.79 Å². The van der Waals surface area contributed by atoms with Gasteiger partial charge in [0.25, 0.3) is 0 Å². The van der Waals surface area contributed by atoms with Gasteiger partial charge < -0.3 is 16.2 Å². The molecule has 0 aromatic heterocycles. The molecule has 13 heavy (non-hydrogen) atoms. The maximum absolute atomic E-state index is 11.9. The van der Waals surface area contributed by atoms with Crippen molar-refractivity contribution in [1.29, 1.82) is 0 Å². The van der Waals surface area contributed by atoms with Gasteiger partial charge in [0.1, 0.15) is 12.1 Å². The predicted octanol–water partition coefficient (Wildman–Crippen LogP) is -0.234. The lowest BCUT2D eigenvalue weighted by Gasteiger charge is -2.20. The van der Waals surface area contributed by atoms with Gasteiger partial charge in [0.2, 0.25) is 0 Å². The quantitative estimate of drug-likeness (QED) is 0.616. The minimum absolute atomic E-state index is 0.0306. The molecule has 0 spiro atoms. The number of nitrogens with two attached hydrogens (primary N) is 2. The van der Waals surface area contributed by atoms with Gasteiger partial charge in [-0.1, -0.05) is 0 Å². The molecular formula is C6H11F3N2O2. The first-order valence-electron chi connectivity index (χ1n) is 3.55. The van der Waals surface area contributed by atoms with Crippen LogP contribution in [0.1, 0.15) is 6.92 Å². The van der Waals surface area contributed by atoms with E-state index in [4.69, 9.17) is 5.73 Å². The topological polar surface area (TPSA) is 78.3 Å². The molecule has 0 aliphatic rings. The second-order valence-corrected chi connectivity index (χ2v) is 2.35. The first kappa shape index (κ1) is 12.2. The first-order valence-corrected chi connectivity index (χ1v) is 3.55. The van der Waals surface area contributed by atoms with Crippen LogP contribution in [0.5, 0.6) is 0 Å². The fourth-order valence-electron chi connectivity index (χ4n) is 0.589. The molecule has 0 aromatic carbocycles. The summed E-state index contributed by atoms with van der Waals surface area (Å²) >= 11 is 0. The zero-order chi connectivity index (χ0) is 10.6. The third kappa shape index (κ3) is 3.60. The van der Waals surface area contributed by atoms with Gasteiger partial charge in [0.15, 0.2) is 0 Å². The van der Waals surface area contributed by atoms with Crippen molar-refractivity contribution in [2.24, 2.45) is 11.5 Å².